The molecule has 2 aromatic rings. The number of nitrogens with one attached hydrogen (secondary N) is 2. The van der Waals surface area contributed by atoms with E-state index in [0.717, 1.165) is 35.8 Å². The highest BCUT2D eigenvalue weighted by Gasteiger charge is 2.19. The number of hydrogen-bond donors (Lipinski definition) is 2. The van der Waals surface area contributed by atoms with Crippen LogP contribution in [0.4, 0.5) is 0 Å². The predicted molar refractivity (Wildman–Crippen MR) is 138 cm³/mol. The van der Waals surface area contributed by atoms with Gasteiger partial charge in [0.05, 0.1) is 26.9 Å². The smallest absolute Gasteiger partial charge is 0.191 e. The Labute approximate surface area is 207 Å². The normalized spacial score (nSPS) is 16.6. The lowest BCUT2D eigenvalue weighted by molar-refractivity contribution is 0.140. The van der Waals surface area contributed by atoms with Gasteiger partial charge < -0.3 is 29.6 Å². The molecule has 0 aromatic heterocycles. The highest BCUT2D eigenvalue weighted by atomic mass is 127. The van der Waals surface area contributed by atoms with Gasteiger partial charge in [-0.3, -0.25) is 4.99 Å². The Balaban J connectivity index is 0.00000363. The van der Waals surface area contributed by atoms with Gasteiger partial charge in [0, 0.05) is 31.6 Å². The van der Waals surface area contributed by atoms with E-state index in [-0.39, 0.29) is 36.2 Å². The first kappa shape index (κ1) is 26.1. The molecule has 0 amide bonds. The van der Waals surface area contributed by atoms with Crippen LogP contribution in [-0.4, -0.2) is 52.1 Å². The molecule has 0 bridgehead atoms. The average Bonchev–Trinajstić information content (AvgIpc) is 3.28. The summed E-state index contributed by atoms with van der Waals surface area (Å²) in [5.74, 6) is 3.15. The van der Waals surface area contributed by atoms with E-state index >= 15 is 0 Å². The number of aryl methyl sites for hydroxylation is 1. The van der Waals surface area contributed by atoms with Gasteiger partial charge in [0.25, 0.3) is 0 Å². The standard InChI is InChI=1S/C24H33N3O4.HI/c1-17-8-9-19(23(12-17)31-22-10-11-29-16-22)15-27-24(25-3)26-14-18(2)30-21-7-5-6-20(13-21)28-4;/h5-9,12-13,18,22H,10-11,14-16H2,1-4H3,(H2,25,26,27);1H. The van der Waals surface area contributed by atoms with Crippen LogP contribution in [0.5, 0.6) is 17.2 Å². The molecule has 8 heteroatoms. The second-order valence-corrected chi connectivity index (χ2v) is 7.63. The fourth-order valence-corrected chi connectivity index (χ4v) is 3.29. The van der Waals surface area contributed by atoms with Crippen molar-refractivity contribution in [1.82, 2.24) is 10.6 Å². The topological polar surface area (TPSA) is 73.3 Å². The Hall–Kier alpha value is -2.20. The van der Waals surface area contributed by atoms with Crippen LogP contribution < -0.4 is 24.8 Å². The number of benzene rings is 2. The average molecular weight is 555 g/mol. The molecule has 0 saturated carbocycles. The third-order valence-corrected chi connectivity index (χ3v) is 5.01. The summed E-state index contributed by atoms with van der Waals surface area (Å²) in [5.41, 5.74) is 2.25. The van der Waals surface area contributed by atoms with Crippen molar-refractivity contribution in [2.75, 3.05) is 33.9 Å². The van der Waals surface area contributed by atoms with E-state index in [0.29, 0.717) is 25.7 Å². The van der Waals surface area contributed by atoms with Gasteiger partial charge in [-0.15, -0.1) is 24.0 Å². The molecule has 2 atom stereocenters. The first-order chi connectivity index (χ1) is 15.1. The van der Waals surface area contributed by atoms with Crippen molar-refractivity contribution in [1.29, 1.82) is 0 Å². The van der Waals surface area contributed by atoms with Crippen LogP contribution >= 0.6 is 24.0 Å². The Kier molecular flexibility index (Phi) is 10.9. The summed E-state index contributed by atoms with van der Waals surface area (Å²) in [5, 5.41) is 6.67. The van der Waals surface area contributed by atoms with Gasteiger partial charge >= 0.3 is 0 Å². The minimum absolute atomic E-state index is 0. The highest BCUT2D eigenvalue weighted by Crippen LogP contribution is 2.24. The molecule has 2 aromatic carbocycles. The predicted octanol–water partition coefficient (Wildman–Crippen LogP) is 3.92. The van der Waals surface area contributed by atoms with Crippen molar-refractivity contribution in [3.63, 3.8) is 0 Å². The van der Waals surface area contributed by atoms with E-state index in [2.05, 4.69) is 40.7 Å². The van der Waals surface area contributed by atoms with Gasteiger partial charge in [-0.25, -0.2) is 0 Å². The van der Waals surface area contributed by atoms with Crippen molar-refractivity contribution in [3.05, 3.63) is 53.6 Å². The van der Waals surface area contributed by atoms with Crippen molar-refractivity contribution in [2.24, 2.45) is 4.99 Å². The molecule has 3 rings (SSSR count). The fraction of sp³-hybridized carbons (Fsp3) is 0.458. The minimum atomic E-state index is -0.0497. The number of methoxy groups -OCH3 is 1. The zero-order valence-corrected chi connectivity index (χ0v) is 21.6. The quantitative estimate of drug-likeness (QED) is 0.278. The summed E-state index contributed by atoms with van der Waals surface area (Å²) in [4.78, 5) is 4.32. The van der Waals surface area contributed by atoms with Gasteiger partial charge in [-0.05, 0) is 37.6 Å². The van der Waals surface area contributed by atoms with Gasteiger partial charge in [0.15, 0.2) is 5.96 Å². The SMILES string of the molecule is CN=C(NCc1ccc(C)cc1OC1CCOC1)NCC(C)Oc1cccc(OC)c1.I. The fourth-order valence-electron chi connectivity index (χ4n) is 3.29. The van der Waals surface area contributed by atoms with Crippen molar-refractivity contribution >= 4 is 29.9 Å². The lowest BCUT2D eigenvalue weighted by Gasteiger charge is -2.19. The zero-order chi connectivity index (χ0) is 22.1. The molecule has 0 aliphatic carbocycles. The number of guanidine groups is 1. The van der Waals surface area contributed by atoms with Gasteiger partial charge in [0.1, 0.15) is 29.5 Å². The molecule has 176 valence electrons. The third-order valence-electron chi connectivity index (χ3n) is 5.01. The van der Waals surface area contributed by atoms with Crippen molar-refractivity contribution < 1.29 is 18.9 Å². The summed E-state index contributed by atoms with van der Waals surface area (Å²) in [6, 6.07) is 13.9. The van der Waals surface area contributed by atoms with Crippen molar-refractivity contribution in [3.8, 4) is 17.2 Å². The summed E-state index contributed by atoms with van der Waals surface area (Å²) in [7, 11) is 3.40. The molecular formula is C24H34IN3O4. The minimum Gasteiger partial charge on any atom is -0.497 e. The van der Waals surface area contributed by atoms with E-state index < -0.39 is 0 Å². The van der Waals surface area contributed by atoms with Gasteiger partial charge in [0.2, 0.25) is 0 Å². The molecule has 2 N–H and O–H groups in total. The number of ether oxygens (including phenoxy) is 4. The van der Waals surface area contributed by atoms with Crippen LogP contribution in [0.25, 0.3) is 0 Å². The number of hydrogen-bond acceptors (Lipinski definition) is 5. The van der Waals surface area contributed by atoms with Gasteiger partial charge in [-0.1, -0.05) is 18.2 Å². The maximum absolute atomic E-state index is 6.18. The summed E-state index contributed by atoms with van der Waals surface area (Å²) >= 11 is 0. The third kappa shape index (κ3) is 8.05. The molecular weight excluding hydrogens is 521 g/mol. The maximum atomic E-state index is 6.18. The van der Waals surface area contributed by atoms with E-state index in [1.807, 2.05) is 31.2 Å². The van der Waals surface area contributed by atoms with Crippen molar-refractivity contribution in [2.45, 2.75) is 39.0 Å². The first-order valence-corrected chi connectivity index (χ1v) is 10.7. The second-order valence-electron chi connectivity index (χ2n) is 7.63. The van der Waals surface area contributed by atoms with Crippen LogP contribution in [-0.2, 0) is 11.3 Å². The van der Waals surface area contributed by atoms with Crippen LogP contribution in [0, 0.1) is 6.92 Å². The first-order valence-electron chi connectivity index (χ1n) is 10.7. The summed E-state index contributed by atoms with van der Waals surface area (Å²) < 4.78 is 22.8. The molecule has 1 aliphatic heterocycles. The van der Waals surface area contributed by atoms with Crippen LogP contribution in [0.15, 0.2) is 47.5 Å². The van der Waals surface area contributed by atoms with E-state index in [4.69, 9.17) is 18.9 Å². The number of rotatable bonds is 9. The Morgan fingerprint density at radius 3 is 2.72 bits per heavy atom. The van der Waals surface area contributed by atoms with Gasteiger partial charge in [-0.2, -0.15) is 0 Å². The molecule has 1 heterocycles. The van der Waals surface area contributed by atoms with E-state index in [9.17, 15) is 0 Å². The Bertz CT molecular complexity index is 872. The monoisotopic (exact) mass is 555 g/mol. The van der Waals surface area contributed by atoms with E-state index in [1.54, 1.807) is 14.2 Å². The summed E-state index contributed by atoms with van der Waals surface area (Å²) in [6.07, 6.45) is 0.994. The lowest BCUT2D eigenvalue weighted by atomic mass is 10.1. The highest BCUT2D eigenvalue weighted by molar-refractivity contribution is 14.0. The molecule has 0 spiro atoms. The van der Waals surface area contributed by atoms with E-state index in [1.165, 1.54) is 5.56 Å². The molecule has 0 radical (unpaired) electrons. The largest absolute Gasteiger partial charge is 0.497 e. The van der Waals surface area contributed by atoms with Crippen LogP contribution in [0.1, 0.15) is 24.5 Å². The number of nitrogens with zero attached hydrogens (tertiary/aromatic N) is 1. The molecule has 1 saturated heterocycles. The zero-order valence-electron chi connectivity index (χ0n) is 19.2. The molecule has 1 aliphatic rings. The Morgan fingerprint density at radius 1 is 1.19 bits per heavy atom. The summed E-state index contributed by atoms with van der Waals surface area (Å²) in [6.45, 7) is 6.70. The Morgan fingerprint density at radius 2 is 2.00 bits per heavy atom. The maximum Gasteiger partial charge on any atom is 0.191 e. The molecule has 2 unspecified atom stereocenters. The number of aliphatic imine (C=N–C) groups is 1. The molecule has 1 fully saturated rings. The second kappa shape index (κ2) is 13.4. The molecule has 7 nitrogen and oxygen atoms in total. The lowest BCUT2D eigenvalue weighted by Crippen LogP contribution is -2.41. The van der Waals surface area contributed by atoms with Crippen LogP contribution in [0.2, 0.25) is 0 Å². The molecule has 32 heavy (non-hydrogen) atoms. The number of halogens is 1. The van der Waals surface area contributed by atoms with Crippen LogP contribution in [0.3, 0.4) is 0 Å².